The Morgan fingerprint density at radius 3 is 2.08 bits per heavy atom. The highest BCUT2D eigenvalue weighted by Gasteiger charge is 2.65. The molecule has 0 aromatic heterocycles. The normalized spacial score (nSPS) is 34.9. The number of hydrogen-bond donors (Lipinski definition) is 2. The van der Waals surface area contributed by atoms with Crippen molar-refractivity contribution >= 4 is 20.0 Å². The third-order valence-corrected chi connectivity index (χ3v) is 7.77. The van der Waals surface area contributed by atoms with Gasteiger partial charge in [0.05, 0.1) is 12.1 Å². The zero-order chi connectivity index (χ0) is 17.9. The third kappa shape index (κ3) is 4.33. The van der Waals surface area contributed by atoms with Crippen LogP contribution in [0.5, 0.6) is 0 Å². The molecule has 142 valence electrons. The molecular formula is C17H31N3O4P+. The van der Waals surface area contributed by atoms with Crippen LogP contribution < -0.4 is 10.2 Å². The first kappa shape index (κ1) is 19.0. The zero-order valence-corrected chi connectivity index (χ0v) is 16.2. The molecule has 3 rings (SSSR count). The summed E-state index contributed by atoms with van der Waals surface area (Å²) >= 11 is 0. The summed E-state index contributed by atoms with van der Waals surface area (Å²) in [4.78, 5) is 27.2. The van der Waals surface area contributed by atoms with Crippen LogP contribution in [0.25, 0.3) is 0 Å². The molecule has 3 fully saturated rings. The first-order valence-corrected chi connectivity index (χ1v) is 11.3. The van der Waals surface area contributed by atoms with Crippen LogP contribution in [0.3, 0.4) is 0 Å². The lowest BCUT2D eigenvalue weighted by Crippen LogP contribution is -2.40. The predicted molar refractivity (Wildman–Crippen MR) is 96.5 cm³/mol. The summed E-state index contributed by atoms with van der Waals surface area (Å²) in [5.41, 5.74) is 0. The van der Waals surface area contributed by atoms with Gasteiger partial charge in [0.1, 0.15) is 0 Å². The van der Waals surface area contributed by atoms with Crippen molar-refractivity contribution in [3.63, 3.8) is 0 Å². The molecule has 0 aromatic rings. The van der Waals surface area contributed by atoms with Crippen molar-refractivity contribution in [3.8, 4) is 0 Å². The highest BCUT2D eigenvalue weighted by Crippen LogP contribution is 2.62. The molecule has 1 aliphatic carbocycles. The molecule has 2 heterocycles. The summed E-state index contributed by atoms with van der Waals surface area (Å²) in [6, 6.07) is 0.488. The average molecular weight is 372 g/mol. The van der Waals surface area contributed by atoms with Gasteiger partial charge in [-0.1, -0.05) is 33.1 Å². The van der Waals surface area contributed by atoms with Crippen LogP contribution in [0, 0.1) is 5.92 Å². The molecule has 1 spiro atoms. The van der Waals surface area contributed by atoms with Gasteiger partial charge in [-0.05, 0) is 45.3 Å². The maximum absolute atomic E-state index is 12.4. The fourth-order valence-corrected chi connectivity index (χ4v) is 6.55. The lowest BCUT2D eigenvalue weighted by atomic mass is 9.92. The van der Waals surface area contributed by atoms with Gasteiger partial charge in [-0.15, -0.1) is 10.2 Å². The van der Waals surface area contributed by atoms with Crippen LogP contribution in [-0.2, 0) is 18.6 Å². The first-order chi connectivity index (χ1) is 12.1. The Balaban J connectivity index is 1.49. The number of rotatable bonds is 7. The summed E-state index contributed by atoms with van der Waals surface area (Å²) in [6.07, 6.45) is 6.68. The number of carbonyl (C=O) groups excluding carboxylic acids is 2. The van der Waals surface area contributed by atoms with E-state index in [0.717, 1.165) is 58.2 Å². The number of nitrogens with zero attached hydrogens (tertiary/aromatic N) is 1. The van der Waals surface area contributed by atoms with Crippen LogP contribution in [0.2, 0.25) is 0 Å². The Hall–Kier alpha value is -0.750. The van der Waals surface area contributed by atoms with E-state index in [-0.39, 0.29) is 12.1 Å². The van der Waals surface area contributed by atoms with Crippen molar-refractivity contribution in [3.05, 3.63) is 0 Å². The van der Waals surface area contributed by atoms with Gasteiger partial charge in [-0.3, -0.25) is 0 Å². The number of nitrogens with one attached hydrogen (secondary N) is 2. The monoisotopic (exact) mass is 372 g/mol. The van der Waals surface area contributed by atoms with E-state index in [1.807, 2.05) is 0 Å². The van der Waals surface area contributed by atoms with Crippen molar-refractivity contribution in [2.45, 2.75) is 70.9 Å². The molecule has 2 saturated heterocycles. The minimum absolute atomic E-state index is 0.244. The van der Waals surface area contributed by atoms with Crippen LogP contribution in [0.1, 0.15) is 58.8 Å². The van der Waals surface area contributed by atoms with Gasteiger partial charge in [0, 0.05) is 0 Å². The summed E-state index contributed by atoms with van der Waals surface area (Å²) in [5.74, 6) is -1.62. The van der Waals surface area contributed by atoms with Crippen LogP contribution >= 0.6 is 8.02 Å². The third-order valence-electron chi connectivity index (χ3n) is 5.56. The summed E-state index contributed by atoms with van der Waals surface area (Å²) in [6.45, 7) is 7.32. The molecule has 2 aliphatic heterocycles. The summed E-state index contributed by atoms with van der Waals surface area (Å²) < 4.78 is 11.3. The maximum Gasteiger partial charge on any atom is 0.526 e. The molecule has 3 aliphatic rings. The quantitative estimate of drug-likeness (QED) is 0.403. The Bertz CT molecular complexity index is 466. The second-order valence-electron chi connectivity index (χ2n) is 7.20. The van der Waals surface area contributed by atoms with Gasteiger partial charge in [-0.2, -0.15) is 0 Å². The molecule has 0 radical (unpaired) electrons. The number of fused-ring (bicyclic) bond motifs is 1. The van der Waals surface area contributed by atoms with E-state index in [4.69, 9.17) is 9.05 Å². The smallest absolute Gasteiger partial charge is 0.304 e. The lowest BCUT2D eigenvalue weighted by Gasteiger charge is -2.25. The predicted octanol–water partition coefficient (Wildman–Crippen LogP) is 2.40. The number of hydrogen-bond acceptors (Lipinski definition) is 7. The van der Waals surface area contributed by atoms with Crippen LogP contribution in [-0.4, -0.2) is 48.6 Å². The minimum Gasteiger partial charge on any atom is -0.304 e. The zero-order valence-electron chi connectivity index (χ0n) is 15.3. The molecule has 7 nitrogen and oxygen atoms in total. The van der Waals surface area contributed by atoms with E-state index in [2.05, 4.69) is 28.9 Å². The van der Waals surface area contributed by atoms with E-state index < -0.39 is 25.9 Å². The lowest BCUT2D eigenvalue weighted by molar-refractivity contribution is -0.158. The van der Waals surface area contributed by atoms with Gasteiger partial charge in [0.25, 0.3) is 0 Å². The standard InChI is InChI=1S/C17H31N3O4P/c1-3-20(4-2)12-8-7-9-13-16(21)23-25(24-17(13)22)18-14-10-5-6-11-15(14)19-25/h13-15,18-19H,3-12H2,1-2H3/q+1. The number of carbonyl (C=O) groups is 2. The molecule has 25 heavy (non-hydrogen) atoms. The van der Waals surface area contributed by atoms with Gasteiger partial charge in [-0.25, -0.2) is 18.6 Å². The maximum atomic E-state index is 12.4. The fourth-order valence-electron chi connectivity index (χ4n) is 3.97. The fraction of sp³-hybridized carbons (Fsp3) is 0.882. The van der Waals surface area contributed by atoms with Gasteiger partial charge < -0.3 is 4.90 Å². The largest absolute Gasteiger partial charge is 0.526 e. The first-order valence-electron chi connectivity index (χ1n) is 9.70. The van der Waals surface area contributed by atoms with E-state index in [9.17, 15) is 9.59 Å². The van der Waals surface area contributed by atoms with Crippen LogP contribution in [0.4, 0.5) is 0 Å². The minimum atomic E-state index is -2.77. The molecule has 0 aromatic carbocycles. The highest BCUT2D eigenvalue weighted by atomic mass is 31.2. The molecule has 2 N–H and O–H groups in total. The van der Waals surface area contributed by atoms with E-state index in [1.165, 1.54) is 0 Å². The molecule has 0 bridgehead atoms. The topological polar surface area (TPSA) is 79.9 Å². The summed E-state index contributed by atoms with van der Waals surface area (Å²) in [7, 11) is -2.77. The van der Waals surface area contributed by atoms with Crippen molar-refractivity contribution in [1.29, 1.82) is 0 Å². The second kappa shape index (κ2) is 8.30. The molecule has 8 heteroatoms. The van der Waals surface area contributed by atoms with Crippen LogP contribution in [0.15, 0.2) is 0 Å². The van der Waals surface area contributed by atoms with E-state index in [0.29, 0.717) is 6.42 Å². The molecule has 2 atom stereocenters. The van der Waals surface area contributed by atoms with Crippen molar-refractivity contribution in [1.82, 2.24) is 15.1 Å². The van der Waals surface area contributed by atoms with Gasteiger partial charge >= 0.3 is 20.0 Å². The Kier molecular flexibility index (Phi) is 6.31. The Morgan fingerprint density at radius 2 is 1.56 bits per heavy atom. The Labute approximate surface area is 150 Å². The highest BCUT2D eigenvalue weighted by molar-refractivity contribution is 7.64. The number of unbranched alkanes of at least 4 members (excludes halogenated alkanes) is 1. The summed E-state index contributed by atoms with van der Waals surface area (Å²) in [5, 5.41) is 6.59. The van der Waals surface area contributed by atoms with Crippen molar-refractivity contribution in [2.24, 2.45) is 5.92 Å². The molecule has 0 amide bonds. The van der Waals surface area contributed by atoms with Crippen molar-refractivity contribution < 1.29 is 18.6 Å². The molecular weight excluding hydrogens is 341 g/mol. The van der Waals surface area contributed by atoms with Crippen molar-refractivity contribution in [2.75, 3.05) is 19.6 Å². The van der Waals surface area contributed by atoms with E-state index in [1.54, 1.807) is 0 Å². The molecule has 2 unspecified atom stereocenters. The van der Waals surface area contributed by atoms with Gasteiger partial charge in [0.2, 0.25) is 0 Å². The second-order valence-corrected chi connectivity index (χ2v) is 9.19. The van der Waals surface area contributed by atoms with E-state index >= 15 is 0 Å². The SMILES string of the molecule is CCN(CC)CCCCC1C(=O)O[P+]2(NC3CCCCC3N2)OC1=O. The molecule has 1 saturated carbocycles. The van der Waals surface area contributed by atoms with Gasteiger partial charge in [0.15, 0.2) is 5.92 Å². The average Bonchev–Trinajstić information content (AvgIpc) is 2.93. The Morgan fingerprint density at radius 1 is 1.00 bits per heavy atom.